The van der Waals surface area contributed by atoms with Crippen molar-refractivity contribution in [3.05, 3.63) is 34.0 Å². The van der Waals surface area contributed by atoms with Gasteiger partial charge in [-0.2, -0.15) is 5.10 Å². The highest BCUT2D eigenvalue weighted by Crippen LogP contribution is 2.10. The van der Waals surface area contributed by atoms with Crippen molar-refractivity contribution in [3.8, 4) is 0 Å². The molecule has 108 valence electrons. The minimum absolute atomic E-state index is 0.0819. The van der Waals surface area contributed by atoms with E-state index in [2.05, 4.69) is 27.7 Å². The summed E-state index contributed by atoms with van der Waals surface area (Å²) in [4.78, 5) is 16.2. The van der Waals surface area contributed by atoms with Crippen molar-refractivity contribution >= 4 is 17.2 Å². The molecule has 5 nitrogen and oxygen atoms in total. The molecule has 2 rings (SSSR count). The van der Waals surface area contributed by atoms with Crippen LogP contribution in [0.3, 0.4) is 0 Å². The monoisotopic (exact) mass is 292 g/mol. The molecule has 0 radical (unpaired) electrons. The summed E-state index contributed by atoms with van der Waals surface area (Å²) in [5.41, 5.74) is 2.21. The third kappa shape index (κ3) is 4.16. The number of aromatic nitrogens is 3. The second-order valence-corrected chi connectivity index (χ2v) is 5.57. The Balaban J connectivity index is 1.66. The van der Waals surface area contributed by atoms with E-state index in [1.165, 1.54) is 0 Å². The predicted molar refractivity (Wildman–Crippen MR) is 79.7 cm³/mol. The minimum Gasteiger partial charge on any atom is -0.356 e. The SMILES string of the molecule is CCc1csc(CCNC(=O)CCc2ccnn2C)n1. The molecule has 0 atom stereocenters. The van der Waals surface area contributed by atoms with E-state index in [4.69, 9.17) is 0 Å². The standard InChI is InChI=1S/C14H20N4OS/c1-3-11-10-20-14(17-11)7-8-15-13(19)5-4-12-6-9-16-18(12)2/h6,9-10H,3-5,7-8H2,1-2H3,(H,15,19). The van der Waals surface area contributed by atoms with Crippen LogP contribution in [0.25, 0.3) is 0 Å². The summed E-state index contributed by atoms with van der Waals surface area (Å²) < 4.78 is 1.80. The van der Waals surface area contributed by atoms with Gasteiger partial charge in [0, 0.05) is 43.7 Å². The van der Waals surface area contributed by atoms with Crippen molar-refractivity contribution in [3.63, 3.8) is 0 Å². The molecule has 0 fully saturated rings. The van der Waals surface area contributed by atoms with E-state index in [-0.39, 0.29) is 5.91 Å². The number of rotatable bonds is 7. The fourth-order valence-electron chi connectivity index (χ4n) is 1.91. The van der Waals surface area contributed by atoms with E-state index in [9.17, 15) is 4.79 Å². The van der Waals surface area contributed by atoms with Gasteiger partial charge in [-0.25, -0.2) is 4.98 Å². The first kappa shape index (κ1) is 14.7. The van der Waals surface area contributed by atoms with E-state index >= 15 is 0 Å². The summed E-state index contributed by atoms with van der Waals surface area (Å²) in [6.07, 6.45) is 4.74. The van der Waals surface area contributed by atoms with Crippen LogP contribution in [0, 0.1) is 0 Å². The number of nitrogens with one attached hydrogen (secondary N) is 1. The maximum atomic E-state index is 11.7. The molecule has 1 amide bonds. The smallest absolute Gasteiger partial charge is 0.220 e. The molecule has 0 aliphatic carbocycles. The van der Waals surface area contributed by atoms with E-state index in [0.29, 0.717) is 13.0 Å². The van der Waals surface area contributed by atoms with Crippen molar-refractivity contribution in [2.75, 3.05) is 6.54 Å². The highest BCUT2D eigenvalue weighted by molar-refractivity contribution is 7.09. The molecule has 0 saturated carbocycles. The maximum Gasteiger partial charge on any atom is 0.220 e. The molecule has 0 aromatic carbocycles. The van der Waals surface area contributed by atoms with Crippen LogP contribution in [0.15, 0.2) is 17.6 Å². The van der Waals surface area contributed by atoms with Gasteiger partial charge in [0.05, 0.1) is 10.7 Å². The second-order valence-electron chi connectivity index (χ2n) is 4.63. The van der Waals surface area contributed by atoms with Gasteiger partial charge in [-0.15, -0.1) is 11.3 Å². The normalized spacial score (nSPS) is 10.7. The summed E-state index contributed by atoms with van der Waals surface area (Å²) in [6.45, 7) is 2.75. The van der Waals surface area contributed by atoms with E-state index in [1.807, 2.05) is 13.1 Å². The van der Waals surface area contributed by atoms with Gasteiger partial charge in [0.1, 0.15) is 0 Å². The van der Waals surface area contributed by atoms with Crippen molar-refractivity contribution in [2.24, 2.45) is 7.05 Å². The lowest BCUT2D eigenvalue weighted by Gasteiger charge is -2.04. The number of thiazole rings is 1. The lowest BCUT2D eigenvalue weighted by atomic mass is 10.2. The topological polar surface area (TPSA) is 59.8 Å². The van der Waals surface area contributed by atoms with Gasteiger partial charge in [-0.3, -0.25) is 9.48 Å². The highest BCUT2D eigenvalue weighted by atomic mass is 32.1. The fraction of sp³-hybridized carbons (Fsp3) is 0.500. The number of hydrogen-bond donors (Lipinski definition) is 1. The van der Waals surface area contributed by atoms with Crippen LogP contribution in [-0.2, 0) is 31.1 Å². The Hall–Kier alpha value is -1.69. The van der Waals surface area contributed by atoms with Gasteiger partial charge in [0.15, 0.2) is 0 Å². The molecule has 20 heavy (non-hydrogen) atoms. The lowest BCUT2D eigenvalue weighted by Crippen LogP contribution is -2.26. The Bertz CT molecular complexity index is 561. The Morgan fingerprint density at radius 2 is 2.30 bits per heavy atom. The van der Waals surface area contributed by atoms with E-state index in [1.54, 1.807) is 22.2 Å². The molecule has 2 heterocycles. The second kappa shape index (κ2) is 7.19. The highest BCUT2D eigenvalue weighted by Gasteiger charge is 2.05. The molecule has 2 aromatic heterocycles. The van der Waals surface area contributed by atoms with Crippen molar-refractivity contribution < 1.29 is 4.79 Å². The molecular formula is C14H20N4OS. The van der Waals surface area contributed by atoms with Gasteiger partial charge in [-0.1, -0.05) is 6.92 Å². The van der Waals surface area contributed by atoms with Gasteiger partial charge in [-0.05, 0) is 18.9 Å². The average molecular weight is 292 g/mol. The maximum absolute atomic E-state index is 11.7. The van der Waals surface area contributed by atoms with Crippen LogP contribution < -0.4 is 5.32 Å². The van der Waals surface area contributed by atoms with Crippen LogP contribution in [0.5, 0.6) is 0 Å². The molecule has 0 bridgehead atoms. The zero-order valence-corrected chi connectivity index (χ0v) is 12.7. The largest absolute Gasteiger partial charge is 0.356 e. The van der Waals surface area contributed by atoms with Crippen molar-refractivity contribution in [1.82, 2.24) is 20.1 Å². The summed E-state index contributed by atoms with van der Waals surface area (Å²) in [5.74, 6) is 0.0819. The third-order valence-electron chi connectivity index (χ3n) is 3.15. The molecule has 1 N–H and O–H groups in total. The quantitative estimate of drug-likeness (QED) is 0.845. The van der Waals surface area contributed by atoms with Gasteiger partial charge < -0.3 is 5.32 Å². The number of amides is 1. The molecule has 0 aliphatic heterocycles. The molecule has 0 unspecified atom stereocenters. The van der Waals surface area contributed by atoms with E-state index < -0.39 is 0 Å². The van der Waals surface area contributed by atoms with Crippen LogP contribution in [0.2, 0.25) is 0 Å². The first-order valence-electron chi connectivity index (χ1n) is 6.86. The number of aryl methyl sites for hydroxylation is 3. The predicted octanol–water partition coefficient (Wildman–Crippen LogP) is 1.73. The van der Waals surface area contributed by atoms with Crippen LogP contribution in [-0.4, -0.2) is 27.2 Å². The first-order chi connectivity index (χ1) is 9.69. The molecule has 0 aliphatic rings. The van der Waals surface area contributed by atoms with Gasteiger partial charge >= 0.3 is 0 Å². The third-order valence-corrected chi connectivity index (χ3v) is 4.11. The number of carbonyl (C=O) groups is 1. The number of nitrogens with zero attached hydrogens (tertiary/aromatic N) is 3. The molecule has 2 aromatic rings. The summed E-state index contributed by atoms with van der Waals surface area (Å²) >= 11 is 1.67. The Morgan fingerprint density at radius 3 is 2.95 bits per heavy atom. The molecule has 0 saturated heterocycles. The lowest BCUT2D eigenvalue weighted by molar-refractivity contribution is -0.121. The Kier molecular flexibility index (Phi) is 5.29. The van der Waals surface area contributed by atoms with Crippen LogP contribution in [0.4, 0.5) is 0 Å². The fourth-order valence-corrected chi connectivity index (χ4v) is 2.79. The minimum atomic E-state index is 0.0819. The molecule has 0 spiro atoms. The van der Waals surface area contributed by atoms with Gasteiger partial charge in [0.25, 0.3) is 0 Å². The van der Waals surface area contributed by atoms with Crippen molar-refractivity contribution in [2.45, 2.75) is 32.6 Å². The van der Waals surface area contributed by atoms with Crippen molar-refractivity contribution in [1.29, 1.82) is 0 Å². The summed E-state index contributed by atoms with van der Waals surface area (Å²) in [6, 6.07) is 1.94. The number of carbonyl (C=O) groups excluding carboxylic acids is 1. The van der Waals surface area contributed by atoms with Crippen LogP contribution in [0.1, 0.15) is 29.7 Å². The average Bonchev–Trinajstić information content (AvgIpc) is 3.05. The van der Waals surface area contributed by atoms with E-state index in [0.717, 1.165) is 35.7 Å². The Labute approximate surface area is 123 Å². The molecular weight excluding hydrogens is 272 g/mol. The summed E-state index contributed by atoms with van der Waals surface area (Å²) in [7, 11) is 1.89. The zero-order chi connectivity index (χ0) is 14.4. The molecule has 6 heteroatoms. The first-order valence-corrected chi connectivity index (χ1v) is 7.74. The van der Waals surface area contributed by atoms with Gasteiger partial charge in [0.2, 0.25) is 5.91 Å². The zero-order valence-electron chi connectivity index (χ0n) is 11.9. The number of hydrogen-bond acceptors (Lipinski definition) is 4. The summed E-state index contributed by atoms with van der Waals surface area (Å²) in [5, 5.41) is 10.2. The Morgan fingerprint density at radius 1 is 1.45 bits per heavy atom. The van der Waals surface area contributed by atoms with Crippen LogP contribution >= 0.6 is 11.3 Å².